The lowest BCUT2D eigenvalue weighted by molar-refractivity contribution is -0.00321. The van der Waals surface area contributed by atoms with Crippen molar-refractivity contribution in [3.63, 3.8) is 0 Å². The molecule has 1 saturated heterocycles. The molecule has 5 heteroatoms. The summed E-state index contributed by atoms with van der Waals surface area (Å²) in [6.45, 7) is 4.94. The molecule has 0 radical (unpaired) electrons. The Labute approximate surface area is 103 Å². The molecule has 1 N–H and O–H groups in total. The Balaban J connectivity index is 1.65. The van der Waals surface area contributed by atoms with E-state index in [1.165, 1.54) is 12.8 Å². The molecule has 1 aromatic heterocycles. The molecule has 1 aliphatic rings. The zero-order valence-electron chi connectivity index (χ0n) is 10.5. The van der Waals surface area contributed by atoms with Gasteiger partial charge >= 0.3 is 0 Å². The maximum absolute atomic E-state index is 5.73. The van der Waals surface area contributed by atoms with Gasteiger partial charge in [-0.3, -0.25) is 4.68 Å². The van der Waals surface area contributed by atoms with Gasteiger partial charge in [0.15, 0.2) is 0 Å². The average Bonchev–Trinajstić information content (AvgIpc) is 2.83. The van der Waals surface area contributed by atoms with Crippen LogP contribution in [0.15, 0.2) is 12.4 Å². The van der Waals surface area contributed by atoms with Crippen LogP contribution in [0.3, 0.4) is 0 Å². The smallest absolute Gasteiger partial charge is 0.0692 e. The highest BCUT2D eigenvalue weighted by Gasteiger charge is 2.21. The van der Waals surface area contributed by atoms with E-state index >= 15 is 0 Å². The van der Waals surface area contributed by atoms with Crippen LogP contribution < -0.4 is 5.32 Å². The summed E-state index contributed by atoms with van der Waals surface area (Å²) in [6, 6.07) is 0.601. The lowest BCUT2D eigenvalue weighted by atomic mass is 10.0. The predicted molar refractivity (Wildman–Crippen MR) is 65.7 cm³/mol. The number of nitrogens with zero attached hydrogens (tertiary/aromatic N) is 3. The van der Waals surface area contributed by atoms with Crippen LogP contribution in [0.5, 0.6) is 0 Å². The summed E-state index contributed by atoms with van der Waals surface area (Å²) in [5.41, 5.74) is 0. The average molecular weight is 238 g/mol. The molecule has 1 aromatic rings. The van der Waals surface area contributed by atoms with E-state index in [2.05, 4.69) is 22.6 Å². The van der Waals surface area contributed by atoms with E-state index in [9.17, 15) is 0 Å². The number of nitrogens with one attached hydrogen (secondary N) is 1. The van der Waals surface area contributed by atoms with Crippen molar-refractivity contribution < 1.29 is 4.74 Å². The number of rotatable bonds is 6. The third-order valence-electron chi connectivity index (χ3n) is 3.22. The molecule has 1 fully saturated rings. The molecule has 0 aromatic carbocycles. The van der Waals surface area contributed by atoms with Gasteiger partial charge in [-0.1, -0.05) is 18.6 Å². The molecule has 17 heavy (non-hydrogen) atoms. The molecule has 1 aliphatic heterocycles. The second kappa shape index (κ2) is 6.71. The fourth-order valence-electron chi connectivity index (χ4n) is 2.32. The van der Waals surface area contributed by atoms with Crippen LogP contribution in [0.1, 0.15) is 32.6 Å². The van der Waals surface area contributed by atoms with Gasteiger partial charge in [-0.15, -0.1) is 5.10 Å². The number of hydrogen-bond acceptors (Lipinski definition) is 4. The Morgan fingerprint density at radius 2 is 2.47 bits per heavy atom. The zero-order valence-corrected chi connectivity index (χ0v) is 10.5. The Morgan fingerprint density at radius 1 is 1.53 bits per heavy atom. The van der Waals surface area contributed by atoms with Crippen molar-refractivity contribution in [2.45, 2.75) is 51.3 Å². The van der Waals surface area contributed by atoms with E-state index in [1.54, 1.807) is 6.20 Å². The molecule has 96 valence electrons. The van der Waals surface area contributed by atoms with Crippen molar-refractivity contribution in [2.24, 2.45) is 0 Å². The van der Waals surface area contributed by atoms with E-state index in [-0.39, 0.29) is 0 Å². The fourth-order valence-corrected chi connectivity index (χ4v) is 2.32. The minimum Gasteiger partial charge on any atom is -0.378 e. The van der Waals surface area contributed by atoms with Crippen molar-refractivity contribution in [1.82, 2.24) is 20.3 Å². The van der Waals surface area contributed by atoms with Crippen LogP contribution in [0, 0.1) is 0 Å². The van der Waals surface area contributed by atoms with Gasteiger partial charge in [-0.25, -0.2) is 0 Å². The van der Waals surface area contributed by atoms with Crippen molar-refractivity contribution in [3.05, 3.63) is 12.4 Å². The highest BCUT2D eigenvalue weighted by Crippen LogP contribution is 2.17. The summed E-state index contributed by atoms with van der Waals surface area (Å²) in [4.78, 5) is 0. The van der Waals surface area contributed by atoms with E-state index < -0.39 is 0 Å². The standard InChI is InChI=1S/C12H22N4O/c1-2-3-12-10-11(4-9-17-12)13-5-7-16-8-6-14-15-16/h6,8,11-13H,2-5,7,9-10H2,1H3. The van der Waals surface area contributed by atoms with Gasteiger partial charge in [-0.2, -0.15) is 0 Å². The van der Waals surface area contributed by atoms with Gasteiger partial charge in [0.2, 0.25) is 0 Å². The molecule has 2 heterocycles. The van der Waals surface area contributed by atoms with Crippen LogP contribution >= 0.6 is 0 Å². The van der Waals surface area contributed by atoms with Gasteiger partial charge in [0.25, 0.3) is 0 Å². The largest absolute Gasteiger partial charge is 0.378 e. The Morgan fingerprint density at radius 3 is 3.24 bits per heavy atom. The first-order valence-corrected chi connectivity index (χ1v) is 6.57. The molecule has 0 spiro atoms. The molecular weight excluding hydrogens is 216 g/mol. The zero-order chi connectivity index (χ0) is 11.9. The summed E-state index contributed by atoms with van der Waals surface area (Å²) in [5.74, 6) is 0. The van der Waals surface area contributed by atoms with E-state index in [1.807, 2.05) is 10.9 Å². The van der Waals surface area contributed by atoms with Gasteiger partial charge in [0.05, 0.1) is 18.8 Å². The maximum Gasteiger partial charge on any atom is 0.0692 e. The van der Waals surface area contributed by atoms with Gasteiger partial charge in [-0.05, 0) is 19.3 Å². The molecule has 0 aliphatic carbocycles. The van der Waals surface area contributed by atoms with E-state index in [0.29, 0.717) is 12.1 Å². The summed E-state index contributed by atoms with van der Waals surface area (Å²) in [7, 11) is 0. The van der Waals surface area contributed by atoms with E-state index in [4.69, 9.17) is 4.74 Å². The summed E-state index contributed by atoms with van der Waals surface area (Å²) >= 11 is 0. The Bertz CT molecular complexity index is 299. The summed E-state index contributed by atoms with van der Waals surface area (Å²) in [6.07, 6.45) is 8.72. The first-order valence-electron chi connectivity index (χ1n) is 6.57. The third kappa shape index (κ3) is 4.09. The predicted octanol–water partition coefficient (Wildman–Crippen LogP) is 1.22. The minimum atomic E-state index is 0.456. The van der Waals surface area contributed by atoms with Crippen molar-refractivity contribution in [3.8, 4) is 0 Å². The first-order chi connectivity index (χ1) is 8.38. The van der Waals surface area contributed by atoms with Gasteiger partial charge in [0, 0.05) is 25.4 Å². The van der Waals surface area contributed by atoms with Crippen LogP contribution in [0.4, 0.5) is 0 Å². The van der Waals surface area contributed by atoms with Crippen LogP contribution in [-0.2, 0) is 11.3 Å². The normalized spacial score (nSPS) is 25.0. The molecule has 2 unspecified atom stereocenters. The number of aromatic nitrogens is 3. The molecular formula is C12H22N4O. The van der Waals surface area contributed by atoms with E-state index in [0.717, 1.165) is 32.5 Å². The minimum absolute atomic E-state index is 0.456. The molecule has 2 atom stereocenters. The lowest BCUT2D eigenvalue weighted by Crippen LogP contribution is -2.40. The van der Waals surface area contributed by atoms with Crippen molar-refractivity contribution in [1.29, 1.82) is 0 Å². The molecule has 0 saturated carbocycles. The molecule has 2 rings (SSSR count). The maximum atomic E-state index is 5.73. The molecule has 0 bridgehead atoms. The van der Waals surface area contributed by atoms with Crippen molar-refractivity contribution in [2.75, 3.05) is 13.2 Å². The van der Waals surface area contributed by atoms with Crippen LogP contribution in [-0.4, -0.2) is 40.3 Å². The SMILES string of the molecule is CCCC1CC(NCCn2ccnn2)CCO1. The first kappa shape index (κ1) is 12.5. The molecule has 5 nitrogen and oxygen atoms in total. The monoisotopic (exact) mass is 238 g/mol. The fraction of sp³-hybridized carbons (Fsp3) is 0.833. The highest BCUT2D eigenvalue weighted by atomic mass is 16.5. The lowest BCUT2D eigenvalue weighted by Gasteiger charge is -2.30. The van der Waals surface area contributed by atoms with Crippen molar-refractivity contribution >= 4 is 0 Å². The van der Waals surface area contributed by atoms with Crippen LogP contribution in [0.25, 0.3) is 0 Å². The molecule has 0 amide bonds. The summed E-state index contributed by atoms with van der Waals surface area (Å²) in [5, 5.41) is 11.3. The van der Waals surface area contributed by atoms with Gasteiger partial charge < -0.3 is 10.1 Å². The summed E-state index contributed by atoms with van der Waals surface area (Å²) < 4.78 is 7.59. The Kier molecular flexibility index (Phi) is 4.94. The second-order valence-corrected chi connectivity index (χ2v) is 4.62. The number of ether oxygens (including phenoxy) is 1. The third-order valence-corrected chi connectivity index (χ3v) is 3.22. The topological polar surface area (TPSA) is 52.0 Å². The number of hydrogen-bond donors (Lipinski definition) is 1. The van der Waals surface area contributed by atoms with Gasteiger partial charge in [0.1, 0.15) is 0 Å². The van der Waals surface area contributed by atoms with Crippen LogP contribution in [0.2, 0.25) is 0 Å². The second-order valence-electron chi connectivity index (χ2n) is 4.62. The quantitative estimate of drug-likeness (QED) is 0.809. The highest BCUT2D eigenvalue weighted by molar-refractivity contribution is 4.76. The Hall–Kier alpha value is -0.940.